The standard InChI is InChI=1S/C11H5F3O4.Gd.2H2O/c12-11(13,14)9(16)7-8(15)5-3-1-2-4-6(5)18-10(7)17;;;/h1-4,15H;;2*1H2. The predicted octanol–water partition coefficient (Wildman–Crippen LogP) is 0.594. The summed E-state index contributed by atoms with van der Waals surface area (Å²) in [6.45, 7) is 0. The Kier molecular flexibility index (Phi) is 8.26. The topological polar surface area (TPSA) is 131 Å². The Bertz CT molecular complexity index is 694. The number of aromatic hydroxyl groups is 1. The third kappa shape index (κ3) is 4.21. The predicted molar refractivity (Wildman–Crippen MR) is 61.8 cm³/mol. The second-order valence-corrected chi connectivity index (χ2v) is 3.44. The van der Waals surface area contributed by atoms with Crippen LogP contribution in [0.5, 0.6) is 5.75 Å². The zero-order chi connectivity index (χ0) is 13.5. The van der Waals surface area contributed by atoms with Crippen LogP contribution in [0.2, 0.25) is 0 Å². The van der Waals surface area contributed by atoms with Gasteiger partial charge in [0.2, 0.25) is 0 Å². The maximum atomic E-state index is 12.3. The number of para-hydroxylation sites is 1. The number of benzene rings is 1. The molecule has 2 rings (SSSR count). The first-order valence-corrected chi connectivity index (χ1v) is 4.68. The summed E-state index contributed by atoms with van der Waals surface area (Å²) in [5, 5.41) is 9.45. The van der Waals surface area contributed by atoms with Crippen LogP contribution in [0.25, 0.3) is 11.0 Å². The Labute approximate surface area is 146 Å². The van der Waals surface area contributed by atoms with Gasteiger partial charge < -0.3 is 20.5 Å². The summed E-state index contributed by atoms with van der Waals surface area (Å²) < 4.78 is 41.3. The van der Waals surface area contributed by atoms with Crippen molar-refractivity contribution in [2.75, 3.05) is 0 Å². The van der Waals surface area contributed by atoms with E-state index in [4.69, 9.17) is 0 Å². The SMILES string of the molecule is O.O.O=C(c1c(O)c2ccccc2oc1=O)C(F)(F)F.[Gd]. The molecule has 0 fully saturated rings. The first kappa shape index (κ1) is 22.2. The fraction of sp³-hybridized carbons (Fsp3) is 0.0909. The van der Waals surface area contributed by atoms with Crippen LogP contribution >= 0.6 is 0 Å². The van der Waals surface area contributed by atoms with Gasteiger partial charge in [0.1, 0.15) is 11.3 Å². The quantitative estimate of drug-likeness (QED) is 0.502. The van der Waals surface area contributed by atoms with Crippen molar-refractivity contribution in [3.8, 4) is 5.75 Å². The van der Waals surface area contributed by atoms with Gasteiger partial charge >= 0.3 is 11.8 Å². The molecule has 0 radical (unpaired) electrons. The Morgan fingerprint density at radius 3 is 2.19 bits per heavy atom. The van der Waals surface area contributed by atoms with Crippen LogP contribution in [-0.4, -0.2) is 28.0 Å². The van der Waals surface area contributed by atoms with Crippen LogP contribution in [0.1, 0.15) is 10.4 Å². The number of hydrogen-bond donors (Lipinski definition) is 1. The zero-order valence-electron chi connectivity index (χ0n) is 9.97. The van der Waals surface area contributed by atoms with Crippen LogP contribution in [0, 0.1) is 39.9 Å². The van der Waals surface area contributed by atoms with Gasteiger partial charge in [0.25, 0.3) is 5.78 Å². The largest absolute Gasteiger partial charge is 0.506 e. The van der Waals surface area contributed by atoms with Crippen LogP contribution < -0.4 is 5.63 Å². The molecule has 0 spiro atoms. The molecule has 1 heterocycles. The second-order valence-electron chi connectivity index (χ2n) is 3.44. The maximum Gasteiger partial charge on any atom is 0.455 e. The summed E-state index contributed by atoms with van der Waals surface area (Å²) in [5.74, 6) is -3.45. The van der Waals surface area contributed by atoms with Crippen molar-refractivity contribution in [1.82, 2.24) is 0 Å². The maximum absolute atomic E-state index is 12.3. The molecule has 0 aliphatic heterocycles. The molecule has 0 unspecified atom stereocenters. The normalized spacial score (nSPS) is 10.0. The molecule has 2 aromatic rings. The van der Waals surface area contributed by atoms with Gasteiger partial charge in [-0.15, -0.1) is 0 Å². The van der Waals surface area contributed by atoms with Gasteiger partial charge in [0.15, 0.2) is 5.56 Å². The molecule has 6 nitrogen and oxygen atoms in total. The molecule has 1 aromatic carbocycles. The summed E-state index contributed by atoms with van der Waals surface area (Å²) in [4.78, 5) is 22.3. The van der Waals surface area contributed by atoms with Gasteiger partial charge in [-0.1, -0.05) is 12.1 Å². The molecular weight excluding hydrogens is 442 g/mol. The van der Waals surface area contributed by atoms with Crippen molar-refractivity contribution in [3.63, 3.8) is 0 Å². The monoisotopic (exact) mass is 452 g/mol. The van der Waals surface area contributed by atoms with Crippen molar-refractivity contribution >= 4 is 16.8 Å². The minimum absolute atomic E-state index is 0. The first-order valence-electron chi connectivity index (χ1n) is 4.68. The molecule has 0 saturated carbocycles. The minimum atomic E-state index is -5.26. The van der Waals surface area contributed by atoms with Gasteiger partial charge in [-0.3, -0.25) is 4.79 Å². The van der Waals surface area contributed by atoms with Gasteiger partial charge in [0, 0.05) is 39.9 Å². The molecule has 0 aliphatic rings. The van der Waals surface area contributed by atoms with Gasteiger partial charge in [-0.05, 0) is 12.1 Å². The number of carbonyl (C=O) groups is 1. The van der Waals surface area contributed by atoms with E-state index in [1.54, 1.807) is 0 Å². The van der Waals surface area contributed by atoms with Crippen LogP contribution in [-0.2, 0) is 0 Å². The summed E-state index contributed by atoms with van der Waals surface area (Å²) >= 11 is 0. The first-order chi connectivity index (χ1) is 8.32. The average Bonchev–Trinajstić information content (AvgIpc) is 2.27. The molecule has 118 valence electrons. The molecule has 10 heteroatoms. The third-order valence-corrected chi connectivity index (χ3v) is 2.27. The number of hydrogen-bond acceptors (Lipinski definition) is 4. The van der Waals surface area contributed by atoms with E-state index < -0.39 is 28.9 Å². The van der Waals surface area contributed by atoms with E-state index in [0.29, 0.717) is 0 Å². The Morgan fingerprint density at radius 1 is 1.14 bits per heavy atom. The van der Waals surface area contributed by atoms with Crippen molar-refractivity contribution in [1.29, 1.82) is 0 Å². The van der Waals surface area contributed by atoms with Crippen LogP contribution in [0.3, 0.4) is 0 Å². The third-order valence-electron chi connectivity index (χ3n) is 2.27. The van der Waals surface area contributed by atoms with E-state index in [2.05, 4.69) is 4.42 Å². The number of halogens is 3. The molecule has 0 amide bonds. The minimum Gasteiger partial charge on any atom is -0.506 e. The van der Waals surface area contributed by atoms with Gasteiger partial charge in [0.05, 0.1) is 5.39 Å². The van der Waals surface area contributed by atoms with Crippen molar-refractivity contribution in [2.24, 2.45) is 0 Å². The van der Waals surface area contributed by atoms with Crippen molar-refractivity contribution in [2.45, 2.75) is 6.18 Å². The summed E-state index contributed by atoms with van der Waals surface area (Å²) in [5.41, 5.74) is -3.02. The summed E-state index contributed by atoms with van der Waals surface area (Å²) in [6, 6.07) is 5.42. The molecule has 0 atom stereocenters. The number of fused-ring (bicyclic) bond motifs is 1. The van der Waals surface area contributed by atoms with Crippen LogP contribution in [0.4, 0.5) is 13.2 Å². The average molecular weight is 451 g/mol. The molecule has 5 N–H and O–H groups in total. The van der Waals surface area contributed by atoms with Crippen molar-refractivity contribution < 1.29 is 78.4 Å². The Balaban J connectivity index is 0. The second kappa shape index (κ2) is 7.80. The Morgan fingerprint density at radius 2 is 1.67 bits per heavy atom. The van der Waals surface area contributed by atoms with Crippen molar-refractivity contribution in [3.05, 3.63) is 40.2 Å². The number of ketones is 1. The van der Waals surface area contributed by atoms with E-state index in [0.717, 1.165) is 0 Å². The molecular formula is C11H9F3GdO6. The molecule has 1 aromatic heterocycles. The number of rotatable bonds is 1. The van der Waals surface area contributed by atoms with Crippen LogP contribution in [0.15, 0.2) is 33.5 Å². The number of alkyl halides is 3. The van der Waals surface area contributed by atoms with E-state index in [1.807, 2.05) is 0 Å². The van der Waals surface area contributed by atoms with Gasteiger partial charge in [-0.2, -0.15) is 13.2 Å². The molecule has 0 bridgehead atoms. The van der Waals surface area contributed by atoms with E-state index in [9.17, 15) is 27.9 Å². The summed E-state index contributed by atoms with van der Waals surface area (Å²) in [6.07, 6.45) is -5.26. The Hall–Kier alpha value is -1.07. The fourth-order valence-corrected chi connectivity index (χ4v) is 1.48. The smallest absolute Gasteiger partial charge is 0.455 e. The summed E-state index contributed by atoms with van der Waals surface area (Å²) in [7, 11) is 0. The molecule has 0 saturated heterocycles. The number of carbonyl (C=O) groups excluding carboxylic acids is 1. The molecule has 0 aliphatic carbocycles. The van der Waals surface area contributed by atoms with E-state index >= 15 is 0 Å². The van der Waals surface area contributed by atoms with Gasteiger partial charge in [-0.25, -0.2) is 4.79 Å². The van der Waals surface area contributed by atoms with E-state index in [-0.39, 0.29) is 61.9 Å². The van der Waals surface area contributed by atoms with E-state index in [1.165, 1.54) is 24.3 Å². The number of Topliss-reactive ketones (excluding diaryl/α,β-unsaturated/α-hetero) is 1. The fourth-order valence-electron chi connectivity index (χ4n) is 1.48. The molecule has 21 heavy (non-hydrogen) atoms. The zero-order valence-corrected chi connectivity index (χ0v) is 12.2.